The van der Waals surface area contributed by atoms with Crippen LogP contribution in [0, 0.1) is 0 Å². The minimum atomic E-state index is -0.106. The molecule has 0 saturated heterocycles. The molecule has 0 aromatic heterocycles. The summed E-state index contributed by atoms with van der Waals surface area (Å²) in [6.07, 6.45) is 0.716. The topological polar surface area (TPSA) is 35.2 Å². The van der Waals surface area contributed by atoms with Gasteiger partial charge in [-0.2, -0.15) is 0 Å². The zero-order chi connectivity index (χ0) is 10.6. The highest BCUT2D eigenvalue weighted by atomic mass is 35.5. The molecule has 1 atom stereocenters. The van der Waals surface area contributed by atoms with E-state index in [0.717, 1.165) is 11.3 Å². The smallest absolute Gasteiger partial charge is 0.120 e. The predicted molar refractivity (Wildman–Crippen MR) is 60.3 cm³/mol. The van der Waals surface area contributed by atoms with Crippen LogP contribution in [-0.2, 0) is 0 Å². The maximum absolute atomic E-state index is 6.04. The molecular weight excluding hydrogens is 221 g/mol. The van der Waals surface area contributed by atoms with E-state index in [4.69, 9.17) is 33.7 Å². The van der Waals surface area contributed by atoms with E-state index in [9.17, 15) is 0 Å². The molecule has 1 aromatic rings. The Balaban J connectivity index is 2.88. The van der Waals surface area contributed by atoms with Crippen molar-refractivity contribution in [2.24, 2.45) is 5.73 Å². The first-order chi connectivity index (χ1) is 6.69. The van der Waals surface area contributed by atoms with Crippen LogP contribution in [0.2, 0.25) is 5.02 Å². The summed E-state index contributed by atoms with van der Waals surface area (Å²) in [6, 6.07) is 5.37. The molecule has 1 aromatic carbocycles. The van der Waals surface area contributed by atoms with Crippen LogP contribution >= 0.6 is 23.2 Å². The lowest BCUT2D eigenvalue weighted by Crippen LogP contribution is -2.11. The molecule has 0 aliphatic carbocycles. The molecule has 2 N–H and O–H groups in total. The minimum absolute atomic E-state index is 0.106. The monoisotopic (exact) mass is 233 g/mol. The molecule has 0 fully saturated rings. The largest absolute Gasteiger partial charge is 0.497 e. The second-order valence-electron chi connectivity index (χ2n) is 2.97. The van der Waals surface area contributed by atoms with Crippen LogP contribution < -0.4 is 10.5 Å². The van der Waals surface area contributed by atoms with E-state index in [2.05, 4.69) is 0 Å². The molecule has 0 spiro atoms. The number of hydrogen-bond acceptors (Lipinski definition) is 2. The SMILES string of the molecule is COc1ccc(C(N)CCCl)c(Cl)c1. The maximum atomic E-state index is 6.04. The van der Waals surface area contributed by atoms with Crippen molar-refractivity contribution in [1.82, 2.24) is 0 Å². The number of rotatable bonds is 4. The number of alkyl halides is 1. The quantitative estimate of drug-likeness (QED) is 0.813. The average Bonchev–Trinajstić information content (AvgIpc) is 2.17. The van der Waals surface area contributed by atoms with Crippen molar-refractivity contribution < 1.29 is 4.74 Å². The summed E-state index contributed by atoms with van der Waals surface area (Å²) in [6.45, 7) is 0. The van der Waals surface area contributed by atoms with Crippen LogP contribution in [0.4, 0.5) is 0 Å². The number of benzene rings is 1. The normalized spacial score (nSPS) is 12.6. The van der Waals surface area contributed by atoms with Gasteiger partial charge < -0.3 is 10.5 Å². The predicted octanol–water partition coefficient (Wildman–Crippen LogP) is 2.98. The summed E-state index contributed by atoms with van der Waals surface area (Å²) in [5.41, 5.74) is 6.80. The fourth-order valence-electron chi connectivity index (χ4n) is 1.21. The van der Waals surface area contributed by atoms with Crippen molar-refractivity contribution in [3.63, 3.8) is 0 Å². The number of nitrogens with two attached hydrogens (primary N) is 1. The molecule has 0 radical (unpaired) electrons. The number of ether oxygens (including phenoxy) is 1. The van der Waals surface area contributed by atoms with Gasteiger partial charge in [-0.25, -0.2) is 0 Å². The Bertz CT molecular complexity index is 304. The molecule has 0 aliphatic rings. The van der Waals surface area contributed by atoms with Crippen molar-refractivity contribution in [2.45, 2.75) is 12.5 Å². The molecule has 1 unspecified atom stereocenters. The molecule has 0 bridgehead atoms. The van der Waals surface area contributed by atoms with Gasteiger partial charge in [-0.15, -0.1) is 11.6 Å². The summed E-state index contributed by atoms with van der Waals surface area (Å²) >= 11 is 11.6. The fourth-order valence-corrected chi connectivity index (χ4v) is 1.75. The van der Waals surface area contributed by atoms with Gasteiger partial charge in [0.2, 0.25) is 0 Å². The van der Waals surface area contributed by atoms with E-state index in [1.807, 2.05) is 12.1 Å². The molecule has 2 nitrogen and oxygen atoms in total. The molecular formula is C10H13Cl2NO. The van der Waals surface area contributed by atoms with E-state index in [1.54, 1.807) is 13.2 Å². The Labute approximate surface area is 94.0 Å². The van der Waals surface area contributed by atoms with E-state index in [1.165, 1.54) is 0 Å². The summed E-state index contributed by atoms with van der Waals surface area (Å²) in [7, 11) is 1.60. The van der Waals surface area contributed by atoms with Crippen molar-refractivity contribution in [3.8, 4) is 5.75 Å². The third-order valence-corrected chi connectivity index (χ3v) is 2.57. The Hall–Kier alpha value is -0.440. The summed E-state index contributed by atoms with van der Waals surface area (Å²) in [4.78, 5) is 0. The van der Waals surface area contributed by atoms with E-state index in [0.29, 0.717) is 17.3 Å². The lowest BCUT2D eigenvalue weighted by atomic mass is 10.1. The summed E-state index contributed by atoms with van der Waals surface area (Å²) < 4.78 is 5.04. The van der Waals surface area contributed by atoms with E-state index < -0.39 is 0 Å². The van der Waals surface area contributed by atoms with Crippen LogP contribution in [0.25, 0.3) is 0 Å². The van der Waals surface area contributed by atoms with Gasteiger partial charge in [0, 0.05) is 16.9 Å². The Morgan fingerprint density at radius 2 is 2.21 bits per heavy atom. The van der Waals surface area contributed by atoms with Crippen LogP contribution in [0.3, 0.4) is 0 Å². The van der Waals surface area contributed by atoms with E-state index in [-0.39, 0.29) is 6.04 Å². The van der Waals surface area contributed by atoms with Crippen molar-refractivity contribution >= 4 is 23.2 Å². The molecule has 0 aliphatic heterocycles. The minimum Gasteiger partial charge on any atom is -0.497 e. The Kier molecular flexibility index (Phi) is 4.52. The molecule has 0 amide bonds. The zero-order valence-electron chi connectivity index (χ0n) is 7.97. The van der Waals surface area contributed by atoms with Gasteiger partial charge in [0.1, 0.15) is 5.75 Å². The first kappa shape index (κ1) is 11.6. The molecule has 0 saturated carbocycles. The Morgan fingerprint density at radius 3 is 2.71 bits per heavy atom. The maximum Gasteiger partial charge on any atom is 0.120 e. The first-order valence-electron chi connectivity index (χ1n) is 4.34. The van der Waals surface area contributed by atoms with Gasteiger partial charge in [-0.3, -0.25) is 0 Å². The van der Waals surface area contributed by atoms with Crippen LogP contribution in [0.5, 0.6) is 5.75 Å². The molecule has 4 heteroatoms. The summed E-state index contributed by atoms with van der Waals surface area (Å²) in [5.74, 6) is 1.26. The Morgan fingerprint density at radius 1 is 1.50 bits per heavy atom. The first-order valence-corrected chi connectivity index (χ1v) is 5.25. The van der Waals surface area contributed by atoms with Gasteiger partial charge in [-0.1, -0.05) is 17.7 Å². The molecule has 1 rings (SSSR count). The van der Waals surface area contributed by atoms with Gasteiger partial charge in [0.15, 0.2) is 0 Å². The van der Waals surface area contributed by atoms with Crippen molar-refractivity contribution in [1.29, 1.82) is 0 Å². The van der Waals surface area contributed by atoms with Crippen LogP contribution in [-0.4, -0.2) is 13.0 Å². The standard InChI is InChI=1S/C10H13Cl2NO/c1-14-7-2-3-8(9(12)6-7)10(13)4-5-11/h2-3,6,10H,4-5,13H2,1H3. The number of hydrogen-bond donors (Lipinski definition) is 1. The highest BCUT2D eigenvalue weighted by Gasteiger charge is 2.09. The van der Waals surface area contributed by atoms with Gasteiger partial charge in [0.25, 0.3) is 0 Å². The third-order valence-electron chi connectivity index (χ3n) is 2.03. The highest BCUT2D eigenvalue weighted by Crippen LogP contribution is 2.27. The third kappa shape index (κ3) is 2.77. The van der Waals surface area contributed by atoms with Gasteiger partial charge in [0.05, 0.1) is 7.11 Å². The van der Waals surface area contributed by atoms with Crippen molar-refractivity contribution in [3.05, 3.63) is 28.8 Å². The second-order valence-corrected chi connectivity index (χ2v) is 3.76. The lowest BCUT2D eigenvalue weighted by molar-refractivity contribution is 0.414. The summed E-state index contributed by atoms with van der Waals surface area (Å²) in [5, 5.41) is 0.627. The number of methoxy groups -OCH3 is 1. The molecule has 78 valence electrons. The highest BCUT2D eigenvalue weighted by molar-refractivity contribution is 6.31. The fraction of sp³-hybridized carbons (Fsp3) is 0.400. The van der Waals surface area contributed by atoms with Crippen molar-refractivity contribution in [2.75, 3.05) is 13.0 Å². The second kappa shape index (κ2) is 5.44. The number of halogens is 2. The van der Waals surface area contributed by atoms with Crippen LogP contribution in [0.1, 0.15) is 18.0 Å². The average molecular weight is 234 g/mol. The molecule has 0 heterocycles. The van der Waals surface area contributed by atoms with E-state index >= 15 is 0 Å². The van der Waals surface area contributed by atoms with Gasteiger partial charge in [-0.05, 0) is 24.1 Å². The zero-order valence-corrected chi connectivity index (χ0v) is 9.48. The van der Waals surface area contributed by atoms with Crippen LogP contribution in [0.15, 0.2) is 18.2 Å². The lowest BCUT2D eigenvalue weighted by Gasteiger charge is -2.12. The van der Waals surface area contributed by atoms with Gasteiger partial charge >= 0.3 is 0 Å². The molecule has 14 heavy (non-hydrogen) atoms.